The first kappa shape index (κ1) is 85.4. The molecule has 1 fully saturated rings. The maximum atomic E-state index is 13.0. The summed E-state index contributed by atoms with van der Waals surface area (Å²) >= 11 is 9.17. The highest BCUT2D eigenvalue weighted by Gasteiger charge is 2.53. The molecule has 17 rings (SSSR count). The molecule has 1 saturated heterocycles. The molecule has 1 atom stereocenters. The normalized spacial score (nSPS) is 12.7. The number of hydrogen-bond acceptors (Lipinski definition) is 16. The number of aryl methyl sites for hydroxylation is 7. The molecule has 28 heteroatoms. The summed E-state index contributed by atoms with van der Waals surface area (Å²) in [4.78, 5) is 62.0. The van der Waals surface area contributed by atoms with Crippen LogP contribution in [0.3, 0.4) is 0 Å². The Morgan fingerprint density at radius 3 is 1.40 bits per heavy atom. The maximum Gasteiger partial charge on any atom is 0.500 e. The van der Waals surface area contributed by atoms with Gasteiger partial charge in [0.05, 0.1) is 92.4 Å². The van der Waals surface area contributed by atoms with Gasteiger partial charge < -0.3 is 43.9 Å². The van der Waals surface area contributed by atoms with Crippen molar-refractivity contribution in [1.82, 2.24) is 62.8 Å². The Morgan fingerprint density at radius 1 is 0.526 bits per heavy atom. The Morgan fingerprint density at radius 2 is 0.948 bits per heavy atom. The molecule has 16 aromatic rings. The van der Waals surface area contributed by atoms with Crippen LogP contribution in [0.5, 0.6) is 0 Å². The molecule has 8 aromatic heterocycles. The van der Waals surface area contributed by atoms with Crippen LogP contribution in [0.25, 0.3) is 55.4 Å². The number of aromatic nitrogens is 13. The number of rotatable bonds is 13. The van der Waals surface area contributed by atoms with E-state index in [-0.39, 0.29) is 47.5 Å². The molecular formula is C88H93BBr2IN15O9. The molecule has 1 unspecified atom stereocenters. The number of carbonyl (C=O) groups excluding carboxylic acids is 1. The van der Waals surface area contributed by atoms with E-state index in [1.807, 2.05) is 261 Å². The van der Waals surface area contributed by atoms with Crippen molar-refractivity contribution < 1.29 is 27.7 Å². The van der Waals surface area contributed by atoms with Gasteiger partial charge in [-0.2, -0.15) is 0 Å². The lowest BCUT2D eigenvalue weighted by Gasteiger charge is -2.32. The number of aromatic amines is 2. The smallest absolute Gasteiger partial charge is 0.399 e. The van der Waals surface area contributed by atoms with Gasteiger partial charge in [-0.3, -0.25) is 27.4 Å². The number of benzene rings is 8. The zero-order valence-electron chi connectivity index (χ0n) is 66.9. The first-order valence-corrected chi connectivity index (χ1v) is 40.8. The molecule has 0 saturated carbocycles. The quantitative estimate of drug-likeness (QED) is 0.0361. The standard InChI is InChI=1S/C21H21N3O2.C19H17N3O2.C14H11BrN2O.C14H15BrN2.C11H18BNO3.C7H6N4O.C2H5I/c1-4-23-18-11-10-17(20-14(2)22-26-15(20)3)12-19(18)24(21(23)25)13-16-8-6-5-7-9-16;1-12-18(13(2)24-21-12)15-8-9-16-17(10-15)22(19(23)20-16)11-14-6-4-3-5-7-14;15-11-6-7-12-13(8-11)17(14(18)16-12)9-10-4-2-1-3-5-10;1-10(11-5-3-2-4-6-11)17-14-9-12(15)7-8-13(14)16;1-7-9(8(2)14-13-7)12-15-10(3,4)11(5,6)16-12;12-7(10-3-1-8-5-10)11-4-2-9-6-11;1-2-3/h5-12H,4,13H2,1-3H3;3-10H,11H2,1-2H3,(H,20,23);1-8H,9H2,(H,16,18);2-10,17H,16H2,1H3;1-6H3;1-6H;2H2,1H3. The number of nitrogens with two attached hydrogens (primary N) is 1. The molecule has 0 bridgehead atoms. The van der Waals surface area contributed by atoms with Crippen molar-refractivity contribution in [3.8, 4) is 22.3 Å². The number of fused-ring (bicyclic) bond motifs is 3. The summed E-state index contributed by atoms with van der Waals surface area (Å²) in [5, 5.41) is 15.4. The monoisotopic (exact) mass is 1800 g/mol. The fourth-order valence-corrected chi connectivity index (χ4v) is 13.9. The minimum absolute atomic E-state index is 0.0160. The van der Waals surface area contributed by atoms with Gasteiger partial charge in [0, 0.05) is 62.9 Å². The molecule has 598 valence electrons. The Hall–Kier alpha value is -11.4. The van der Waals surface area contributed by atoms with Crippen molar-refractivity contribution >= 4 is 118 Å². The number of imidazole rings is 5. The zero-order chi connectivity index (χ0) is 83.0. The average molecular weight is 1800 g/mol. The Kier molecular flexibility index (Phi) is 28.6. The van der Waals surface area contributed by atoms with Gasteiger partial charge in [-0.15, -0.1) is 0 Å². The first-order valence-electron chi connectivity index (χ1n) is 37.7. The Labute approximate surface area is 702 Å². The molecule has 0 aliphatic carbocycles. The molecule has 0 radical (unpaired) electrons. The lowest BCUT2D eigenvalue weighted by molar-refractivity contribution is 0.00578. The second-order valence-electron chi connectivity index (χ2n) is 28.4. The number of anilines is 2. The van der Waals surface area contributed by atoms with Crippen LogP contribution in [0, 0.1) is 41.5 Å². The van der Waals surface area contributed by atoms with Gasteiger partial charge in [0.2, 0.25) is 0 Å². The minimum Gasteiger partial charge on any atom is -0.399 e. The number of halogens is 3. The molecule has 1 aliphatic rings. The van der Waals surface area contributed by atoms with Gasteiger partial charge in [-0.05, 0) is 182 Å². The summed E-state index contributed by atoms with van der Waals surface area (Å²) in [5.41, 5.74) is 24.2. The fourth-order valence-electron chi connectivity index (χ4n) is 13.1. The highest BCUT2D eigenvalue weighted by molar-refractivity contribution is 14.1. The topological polar surface area (TPSA) is 290 Å². The average Bonchev–Trinajstić information content (AvgIpc) is 1.66. The fraction of sp³-hybridized carbons (Fsp3) is 0.239. The van der Waals surface area contributed by atoms with E-state index in [1.165, 1.54) is 31.8 Å². The third-order valence-corrected chi connectivity index (χ3v) is 20.7. The van der Waals surface area contributed by atoms with E-state index in [4.69, 9.17) is 28.6 Å². The van der Waals surface area contributed by atoms with E-state index < -0.39 is 0 Å². The van der Waals surface area contributed by atoms with E-state index in [1.54, 1.807) is 33.9 Å². The molecule has 0 amide bonds. The van der Waals surface area contributed by atoms with Gasteiger partial charge in [-0.1, -0.05) is 210 Å². The lowest BCUT2D eigenvalue weighted by atomic mass is 9.77. The van der Waals surface area contributed by atoms with Crippen molar-refractivity contribution in [2.45, 2.75) is 133 Å². The molecule has 0 spiro atoms. The van der Waals surface area contributed by atoms with Crippen molar-refractivity contribution in [2.75, 3.05) is 15.5 Å². The second kappa shape index (κ2) is 38.8. The van der Waals surface area contributed by atoms with Crippen LogP contribution in [-0.2, 0) is 35.5 Å². The van der Waals surface area contributed by atoms with Crippen LogP contribution in [0.4, 0.5) is 16.2 Å². The summed E-state index contributed by atoms with van der Waals surface area (Å²) in [5.74, 6) is 2.32. The number of alkyl halides is 1. The number of H-pyrrole nitrogens is 2. The first-order chi connectivity index (χ1) is 55.7. The minimum atomic E-state index is -0.378. The van der Waals surface area contributed by atoms with Crippen LogP contribution in [0.15, 0.2) is 268 Å². The zero-order valence-corrected chi connectivity index (χ0v) is 72.3. The number of nitrogen functional groups attached to an aromatic ring is 1. The molecule has 9 heterocycles. The van der Waals surface area contributed by atoms with Crippen molar-refractivity contribution in [3.05, 3.63) is 329 Å². The Bertz CT molecular complexity index is 6000. The molecule has 5 N–H and O–H groups in total. The van der Waals surface area contributed by atoms with E-state index in [0.717, 1.165) is 132 Å². The summed E-state index contributed by atoms with van der Waals surface area (Å²) < 4.78 is 40.7. The van der Waals surface area contributed by atoms with Gasteiger partial charge in [-0.25, -0.2) is 29.1 Å². The van der Waals surface area contributed by atoms with E-state index in [0.29, 0.717) is 26.2 Å². The van der Waals surface area contributed by atoms with Crippen LogP contribution < -0.4 is 33.6 Å². The van der Waals surface area contributed by atoms with Crippen LogP contribution in [0.2, 0.25) is 0 Å². The van der Waals surface area contributed by atoms with E-state index in [2.05, 4.69) is 127 Å². The molecule has 24 nitrogen and oxygen atoms in total. The van der Waals surface area contributed by atoms with Gasteiger partial charge >= 0.3 is 30.2 Å². The number of carbonyl (C=O) groups is 1. The highest BCUT2D eigenvalue weighted by Crippen LogP contribution is 2.38. The predicted molar refractivity (Wildman–Crippen MR) is 475 cm³/mol. The van der Waals surface area contributed by atoms with Gasteiger partial charge in [0.25, 0.3) is 0 Å². The van der Waals surface area contributed by atoms with Gasteiger partial charge in [0.1, 0.15) is 29.9 Å². The van der Waals surface area contributed by atoms with E-state index in [9.17, 15) is 19.2 Å². The molecule has 1 aliphatic heterocycles. The van der Waals surface area contributed by atoms with Crippen LogP contribution in [-0.4, -0.2) is 91.6 Å². The van der Waals surface area contributed by atoms with Crippen molar-refractivity contribution in [1.29, 1.82) is 0 Å². The van der Waals surface area contributed by atoms with Crippen LogP contribution >= 0.6 is 54.5 Å². The molecular weight excluding hydrogens is 1710 g/mol. The summed E-state index contributed by atoms with van der Waals surface area (Å²) in [6, 6.07) is 64.0. The van der Waals surface area contributed by atoms with Gasteiger partial charge in [0.15, 0.2) is 0 Å². The summed E-state index contributed by atoms with van der Waals surface area (Å²) in [6.45, 7) is 28.1. The second-order valence-corrected chi connectivity index (χ2v) is 31.8. The third-order valence-electron chi connectivity index (χ3n) is 19.8. The maximum absolute atomic E-state index is 13.0. The number of nitrogens with zero attached hydrogens (tertiary/aromatic N) is 11. The SMILES string of the molecule is CC(Nc1cc(Br)ccc1N)c1ccccc1.CCI.CCn1c(=O)n(Cc2ccccc2)c2cc(-c3c(C)noc3C)ccc21.Cc1noc(C)c1-c1ccc2[nH]c(=O)n(Cc3ccccc3)c2c1.Cc1noc(C)c1B1OC(C)(C)C(C)(C)O1.O=C(n1ccnc1)n1ccnc1.O=c1[nH]c2ccc(Br)cc2n1Cc1ccccc1. The molecule has 116 heavy (non-hydrogen) atoms. The lowest BCUT2D eigenvalue weighted by Crippen LogP contribution is -2.41. The summed E-state index contributed by atoms with van der Waals surface area (Å²) in [6.07, 6.45) is 9.17. The largest absolute Gasteiger partial charge is 0.500 e. The third kappa shape index (κ3) is 20.6. The predicted octanol–water partition coefficient (Wildman–Crippen LogP) is 18.8. The van der Waals surface area contributed by atoms with Crippen LogP contribution in [0.1, 0.15) is 111 Å². The number of nitrogens with one attached hydrogen (secondary N) is 3. The highest BCUT2D eigenvalue weighted by atomic mass is 127. The number of hydrogen-bond donors (Lipinski definition) is 4. The summed E-state index contributed by atoms with van der Waals surface area (Å²) in [7, 11) is -0.378. The van der Waals surface area contributed by atoms with Crippen molar-refractivity contribution in [3.63, 3.8) is 0 Å². The van der Waals surface area contributed by atoms with Crippen molar-refractivity contribution in [2.24, 2.45) is 0 Å². The Balaban J connectivity index is 0.000000138. The van der Waals surface area contributed by atoms with E-state index >= 15 is 0 Å². The molecule has 8 aromatic carbocycles.